The van der Waals surface area contributed by atoms with Gasteiger partial charge in [0.25, 0.3) is 0 Å². The molecule has 118 valence electrons. The first kappa shape index (κ1) is 13.1. The fourth-order valence-electron chi connectivity index (χ4n) is 4.45. The Labute approximate surface area is 144 Å². The number of nitrogens with zero attached hydrogens (tertiary/aromatic N) is 3. The van der Waals surface area contributed by atoms with Crippen LogP contribution in [0.5, 0.6) is 0 Å². The van der Waals surface area contributed by atoms with E-state index in [1.165, 1.54) is 49.0 Å². The van der Waals surface area contributed by atoms with Gasteiger partial charge in [0.05, 0.1) is 21.8 Å². The molecular weight excluding hydrogens is 306 g/mol. The van der Waals surface area contributed by atoms with Gasteiger partial charge in [-0.25, -0.2) is 9.55 Å². The lowest BCUT2D eigenvalue weighted by molar-refractivity contribution is -0.643. The minimum Gasteiger partial charge on any atom is -0.292 e. The van der Waals surface area contributed by atoms with Gasteiger partial charge >= 0.3 is 0 Å². The van der Waals surface area contributed by atoms with Crippen LogP contribution >= 0.6 is 0 Å². The summed E-state index contributed by atoms with van der Waals surface area (Å²) < 4.78 is 4.60. The maximum Gasteiger partial charge on any atom is 0.224 e. The number of aryl methyl sites for hydroxylation is 2. The lowest BCUT2D eigenvalue weighted by Crippen LogP contribution is -2.28. The van der Waals surface area contributed by atoms with Gasteiger partial charge in [0.1, 0.15) is 12.7 Å². The van der Waals surface area contributed by atoms with Crippen LogP contribution in [-0.2, 0) is 7.05 Å². The Kier molecular flexibility index (Phi) is 2.23. The van der Waals surface area contributed by atoms with E-state index in [1.54, 1.807) is 0 Å². The Hall–Kier alpha value is -3.20. The van der Waals surface area contributed by atoms with Gasteiger partial charge < -0.3 is 0 Å². The zero-order valence-corrected chi connectivity index (χ0v) is 14.1. The fourth-order valence-corrected chi connectivity index (χ4v) is 4.45. The molecule has 0 fully saturated rings. The molecule has 3 heteroatoms. The third-order valence-corrected chi connectivity index (χ3v) is 5.52. The first-order chi connectivity index (χ1) is 12.3. The zero-order valence-electron chi connectivity index (χ0n) is 14.1. The van der Waals surface area contributed by atoms with E-state index >= 15 is 0 Å². The molecule has 3 nitrogen and oxygen atoms in total. The lowest BCUT2D eigenvalue weighted by Gasteiger charge is -2.12. The summed E-state index contributed by atoms with van der Waals surface area (Å²) in [7, 11) is 2.14. The SMILES string of the molecule is Cc1ccc2c3cccnc3n3c4cccc5cc[n+](C)c(c1c23)c54. The number of pyridine rings is 3. The van der Waals surface area contributed by atoms with Crippen LogP contribution in [-0.4, -0.2) is 9.38 Å². The lowest BCUT2D eigenvalue weighted by atomic mass is 10.00. The Morgan fingerprint density at radius 1 is 0.920 bits per heavy atom. The third kappa shape index (κ3) is 1.43. The number of benzene rings is 2. The van der Waals surface area contributed by atoms with E-state index in [9.17, 15) is 0 Å². The molecule has 6 rings (SSSR count). The molecule has 6 aromatic rings. The van der Waals surface area contributed by atoms with Crippen molar-refractivity contribution in [1.29, 1.82) is 0 Å². The van der Waals surface area contributed by atoms with Crippen LogP contribution in [0.15, 0.2) is 60.9 Å². The van der Waals surface area contributed by atoms with E-state index in [2.05, 4.69) is 71.6 Å². The molecule has 0 aliphatic heterocycles. The van der Waals surface area contributed by atoms with Crippen molar-refractivity contribution < 1.29 is 4.57 Å². The van der Waals surface area contributed by atoms with Crippen molar-refractivity contribution in [2.75, 3.05) is 0 Å². The van der Waals surface area contributed by atoms with Gasteiger partial charge in [-0.3, -0.25) is 4.40 Å². The summed E-state index contributed by atoms with van der Waals surface area (Å²) in [6, 6.07) is 17.4. The summed E-state index contributed by atoms with van der Waals surface area (Å²) in [5, 5.41) is 6.38. The van der Waals surface area contributed by atoms with Gasteiger partial charge in [0, 0.05) is 23.0 Å². The Morgan fingerprint density at radius 3 is 2.76 bits per heavy atom. The minimum atomic E-state index is 1.04. The molecule has 0 aliphatic rings. The summed E-state index contributed by atoms with van der Waals surface area (Å²) in [5.41, 5.74) is 6.13. The first-order valence-corrected chi connectivity index (χ1v) is 8.56. The van der Waals surface area contributed by atoms with E-state index in [-0.39, 0.29) is 0 Å². The van der Waals surface area contributed by atoms with Crippen LogP contribution in [0, 0.1) is 6.92 Å². The van der Waals surface area contributed by atoms with Crippen molar-refractivity contribution in [1.82, 2.24) is 9.38 Å². The van der Waals surface area contributed by atoms with Crippen LogP contribution in [0.2, 0.25) is 0 Å². The average Bonchev–Trinajstić information content (AvgIpc) is 2.97. The molecule has 0 N–H and O–H groups in total. The van der Waals surface area contributed by atoms with Crippen LogP contribution in [0.3, 0.4) is 0 Å². The summed E-state index contributed by atoms with van der Waals surface area (Å²) in [4.78, 5) is 4.73. The molecule has 0 bridgehead atoms. The maximum atomic E-state index is 4.73. The summed E-state index contributed by atoms with van der Waals surface area (Å²) in [6.07, 6.45) is 4.05. The topological polar surface area (TPSA) is 21.2 Å². The molecule has 4 heterocycles. The Bertz CT molecular complexity index is 1460. The van der Waals surface area contributed by atoms with Gasteiger partial charge in [-0.2, -0.15) is 0 Å². The number of hydrogen-bond acceptors (Lipinski definition) is 1. The molecule has 0 saturated carbocycles. The van der Waals surface area contributed by atoms with Gasteiger partial charge in [-0.1, -0.05) is 24.3 Å². The molecule has 0 amide bonds. The number of hydrogen-bond donors (Lipinski definition) is 0. The van der Waals surface area contributed by atoms with Gasteiger partial charge in [0.2, 0.25) is 5.52 Å². The largest absolute Gasteiger partial charge is 0.292 e. The molecule has 4 aromatic heterocycles. The number of rotatable bonds is 0. The van der Waals surface area contributed by atoms with E-state index in [0.717, 1.165) is 5.65 Å². The second-order valence-electron chi connectivity index (χ2n) is 6.88. The van der Waals surface area contributed by atoms with Crippen molar-refractivity contribution in [3.8, 4) is 0 Å². The highest BCUT2D eigenvalue weighted by molar-refractivity contribution is 6.25. The van der Waals surface area contributed by atoms with E-state index in [0.29, 0.717) is 0 Å². The van der Waals surface area contributed by atoms with Crippen LogP contribution in [0.1, 0.15) is 5.56 Å². The molecule has 0 unspecified atom stereocenters. The van der Waals surface area contributed by atoms with E-state index in [4.69, 9.17) is 4.98 Å². The maximum absolute atomic E-state index is 4.73. The van der Waals surface area contributed by atoms with Crippen molar-refractivity contribution in [3.05, 3.63) is 66.5 Å². The molecule has 2 aromatic carbocycles. The normalized spacial score (nSPS) is 12.4. The van der Waals surface area contributed by atoms with Gasteiger partial charge in [-0.05, 0) is 36.1 Å². The van der Waals surface area contributed by atoms with Crippen molar-refractivity contribution in [3.63, 3.8) is 0 Å². The Morgan fingerprint density at radius 2 is 1.84 bits per heavy atom. The van der Waals surface area contributed by atoms with Gasteiger partial charge in [0.15, 0.2) is 6.20 Å². The second-order valence-corrected chi connectivity index (χ2v) is 6.88. The zero-order chi connectivity index (χ0) is 16.7. The third-order valence-electron chi connectivity index (χ3n) is 5.52. The highest BCUT2D eigenvalue weighted by atomic mass is 15.0. The van der Waals surface area contributed by atoms with Crippen LogP contribution in [0.25, 0.3) is 49.1 Å². The molecule has 0 atom stereocenters. The fraction of sp³-hybridized carbons (Fsp3) is 0.0909. The smallest absolute Gasteiger partial charge is 0.224 e. The predicted octanol–water partition coefficient (Wildman–Crippen LogP) is 4.52. The highest BCUT2D eigenvalue weighted by Gasteiger charge is 2.23. The highest BCUT2D eigenvalue weighted by Crippen LogP contribution is 2.39. The Balaban J connectivity index is 2.18. The van der Waals surface area contributed by atoms with Crippen molar-refractivity contribution in [2.24, 2.45) is 7.05 Å². The molecule has 0 aliphatic carbocycles. The molecule has 0 radical (unpaired) electrons. The molecule has 0 saturated heterocycles. The van der Waals surface area contributed by atoms with Gasteiger partial charge in [-0.15, -0.1) is 0 Å². The monoisotopic (exact) mass is 322 g/mol. The molecule has 25 heavy (non-hydrogen) atoms. The van der Waals surface area contributed by atoms with Crippen LogP contribution in [0.4, 0.5) is 0 Å². The summed E-state index contributed by atoms with van der Waals surface area (Å²) in [5.74, 6) is 0. The first-order valence-electron chi connectivity index (χ1n) is 8.56. The predicted molar refractivity (Wildman–Crippen MR) is 102 cm³/mol. The van der Waals surface area contributed by atoms with E-state index < -0.39 is 0 Å². The summed E-state index contributed by atoms with van der Waals surface area (Å²) in [6.45, 7) is 2.21. The standard InChI is InChI=1S/C22H16N3/c1-13-8-9-15-16-6-4-11-23-22(16)25-17-7-3-5-14-10-12-24(2)21(19(14)17)18(13)20(15)25/h3-12H,1-2H3/q+1. The molecule has 0 spiro atoms. The summed E-state index contributed by atoms with van der Waals surface area (Å²) >= 11 is 0. The van der Waals surface area contributed by atoms with Crippen molar-refractivity contribution in [2.45, 2.75) is 6.92 Å². The second kappa shape index (κ2) is 4.25. The minimum absolute atomic E-state index is 1.04. The quantitative estimate of drug-likeness (QED) is 0.229. The average molecular weight is 322 g/mol. The van der Waals surface area contributed by atoms with E-state index in [1.807, 2.05) is 12.3 Å². The number of aromatic nitrogens is 3. The van der Waals surface area contributed by atoms with Crippen molar-refractivity contribution >= 4 is 49.1 Å². The van der Waals surface area contributed by atoms with Crippen LogP contribution < -0.4 is 4.57 Å². The molecular formula is C22H16N3+. The number of fused-ring (bicyclic) bond motifs is 5.